The molecule has 0 aromatic heterocycles. The van der Waals surface area contributed by atoms with Crippen molar-refractivity contribution in [3.8, 4) is 0 Å². The number of amides is 2. The van der Waals surface area contributed by atoms with Crippen molar-refractivity contribution < 1.29 is 14.3 Å². The Hall–Kier alpha value is -1.55. The fraction of sp³-hybridized carbons (Fsp3) is 0.467. The summed E-state index contributed by atoms with van der Waals surface area (Å²) in [5.41, 5.74) is 2.47. The molecule has 1 rings (SSSR count). The zero-order chi connectivity index (χ0) is 15.1. The SMILES string of the molecule is CCOC(=O)N(C(=O)CCl)c1c(CC)cccc1CC. The molecule has 1 aromatic rings. The Labute approximate surface area is 124 Å². The number of ether oxygens (including phenoxy) is 1. The van der Waals surface area contributed by atoms with Crippen molar-refractivity contribution in [2.75, 3.05) is 17.4 Å². The molecular weight excluding hydrogens is 278 g/mol. The molecule has 0 saturated carbocycles. The third kappa shape index (κ3) is 3.51. The predicted octanol–water partition coefficient (Wildman–Crippen LogP) is 3.54. The molecule has 0 N–H and O–H groups in total. The number of benzene rings is 1. The van der Waals surface area contributed by atoms with Crippen molar-refractivity contribution in [3.63, 3.8) is 0 Å². The third-order valence-corrected chi connectivity index (χ3v) is 3.23. The Morgan fingerprint density at radius 3 is 2.10 bits per heavy atom. The second-order valence-corrected chi connectivity index (χ2v) is 4.46. The minimum atomic E-state index is -0.672. The van der Waals surface area contributed by atoms with Crippen LogP contribution in [0.3, 0.4) is 0 Å². The first kappa shape index (κ1) is 16.5. The molecule has 5 heteroatoms. The fourth-order valence-electron chi connectivity index (χ4n) is 2.07. The number of aryl methyl sites for hydroxylation is 2. The molecule has 0 atom stereocenters. The van der Waals surface area contributed by atoms with Crippen LogP contribution in [0.1, 0.15) is 31.9 Å². The van der Waals surface area contributed by atoms with E-state index in [1.807, 2.05) is 32.0 Å². The number of imide groups is 1. The molecule has 4 nitrogen and oxygen atoms in total. The van der Waals surface area contributed by atoms with Crippen molar-refractivity contribution in [1.29, 1.82) is 0 Å². The van der Waals surface area contributed by atoms with E-state index in [-0.39, 0.29) is 12.5 Å². The number of anilines is 1. The highest BCUT2D eigenvalue weighted by Crippen LogP contribution is 2.28. The van der Waals surface area contributed by atoms with Crippen LogP contribution in [0.15, 0.2) is 18.2 Å². The van der Waals surface area contributed by atoms with Crippen LogP contribution in [-0.4, -0.2) is 24.5 Å². The molecule has 110 valence electrons. The molecule has 0 fully saturated rings. The van der Waals surface area contributed by atoms with Gasteiger partial charge in [-0.25, -0.2) is 9.69 Å². The van der Waals surface area contributed by atoms with Gasteiger partial charge in [0.1, 0.15) is 5.88 Å². The highest BCUT2D eigenvalue weighted by molar-refractivity contribution is 6.32. The molecule has 0 spiro atoms. The standard InChI is InChI=1S/C15H20ClNO3/c1-4-11-8-7-9-12(5-2)14(11)17(13(18)10-16)15(19)20-6-3/h7-9H,4-6,10H2,1-3H3. The number of hydrogen-bond acceptors (Lipinski definition) is 3. The van der Waals surface area contributed by atoms with Gasteiger partial charge >= 0.3 is 6.09 Å². The molecule has 0 heterocycles. The summed E-state index contributed by atoms with van der Waals surface area (Å²) < 4.78 is 4.99. The summed E-state index contributed by atoms with van der Waals surface area (Å²) in [6, 6.07) is 5.74. The van der Waals surface area contributed by atoms with E-state index in [1.54, 1.807) is 6.92 Å². The predicted molar refractivity (Wildman–Crippen MR) is 80.4 cm³/mol. The summed E-state index contributed by atoms with van der Waals surface area (Å²) in [4.78, 5) is 25.2. The van der Waals surface area contributed by atoms with Crippen LogP contribution in [0.25, 0.3) is 0 Å². The zero-order valence-corrected chi connectivity index (χ0v) is 12.9. The van der Waals surface area contributed by atoms with Gasteiger partial charge in [-0.3, -0.25) is 4.79 Å². The number of para-hydroxylation sites is 1. The van der Waals surface area contributed by atoms with E-state index in [2.05, 4.69) is 0 Å². The van der Waals surface area contributed by atoms with E-state index in [4.69, 9.17) is 16.3 Å². The molecular formula is C15H20ClNO3. The van der Waals surface area contributed by atoms with Crippen LogP contribution >= 0.6 is 11.6 Å². The number of halogens is 1. The topological polar surface area (TPSA) is 46.6 Å². The average Bonchev–Trinajstić information content (AvgIpc) is 2.47. The van der Waals surface area contributed by atoms with Crippen LogP contribution in [0, 0.1) is 0 Å². The van der Waals surface area contributed by atoms with E-state index < -0.39 is 12.0 Å². The summed E-state index contributed by atoms with van der Waals surface area (Å²) in [7, 11) is 0. The van der Waals surface area contributed by atoms with Gasteiger partial charge in [0.2, 0.25) is 0 Å². The average molecular weight is 298 g/mol. The van der Waals surface area contributed by atoms with Gasteiger partial charge in [0.15, 0.2) is 0 Å². The van der Waals surface area contributed by atoms with E-state index in [0.29, 0.717) is 18.5 Å². The number of carbonyl (C=O) groups excluding carboxylic acids is 2. The maximum absolute atomic E-state index is 12.1. The van der Waals surface area contributed by atoms with Gasteiger partial charge in [0.05, 0.1) is 12.3 Å². The molecule has 0 aliphatic carbocycles. The molecule has 20 heavy (non-hydrogen) atoms. The van der Waals surface area contributed by atoms with Gasteiger partial charge in [-0.15, -0.1) is 11.6 Å². The Morgan fingerprint density at radius 2 is 1.70 bits per heavy atom. The van der Waals surface area contributed by atoms with Crippen LogP contribution in [-0.2, 0) is 22.4 Å². The van der Waals surface area contributed by atoms with Crippen molar-refractivity contribution in [3.05, 3.63) is 29.3 Å². The minimum Gasteiger partial charge on any atom is -0.449 e. The number of hydrogen-bond donors (Lipinski definition) is 0. The second kappa shape index (κ2) is 7.90. The van der Waals surface area contributed by atoms with Crippen LogP contribution in [0.4, 0.5) is 10.5 Å². The van der Waals surface area contributed by atoms with Crippen LogP contribution in [0.5, 0.6) is 0 Å². The summed E-state index contributed by atoms with van der Waals surface area (Å²) in [6.07, 6.45) is 0.761. The Kier molecular flexibility index (Phi) is 6.52. The lowest BCUT2D eigenvalue weighted by Gasteiger charge is -2.24. The lowest BCUT2D eigenvalue weighted by molar-refractivity contribution is -0.115. The highest BCUT2D eigenvalue weighted by Gasteiger charge is 2.27. The van der Waals surface area contributed by atoms with Gasteiger partial charge in [-0.05, 0) is 30.9 Å². The monoisotopic (exact) mass is 297 g/mol. The third-order valence-electron chi connectivity index (χ3n) is 3.00. The Bertz CT molecular complexity index is 466. The summed E-state index contributed by atoms with van der Waals surface area (Å²) in [5, 5.41) is 0. The molecule has 0 saturated heterocycles. The van der Waals surface area contributed by atoms with Crippen molar-refractivity contribution >= 4 is 29.3 Å². The lowest BCUT2D eigenvalue weighted by atomic mass is 10.0. The van der Waals surface area contributed by atoms with Gasteiger partial charge < -0.3 is 4.74 Å². The van der Waals surface area contributed by atoms with Crippen LogP contribution < -0.4 is 4.90 Å². The molecule has 0 aliphatic heterocycles. The first-order valence-electron chi connectivity index (χ1n) is 6.77. The van der Waals surface area contributed by atoms with Crippen molar-refractivity contribution in [2.24, 2.45) is 0 Å². The van der Waals surface area contributed by atoms with Gasteiger partial charge in [0, 0.05) is 0 Å². The maximum atomic E-state index is 12.1. The van der Waals surface area contributed by atoms with Gasteiger partial charge in [-0.1, -0.05) is 32.0 Å². The van der Waals surface area contributed by atoms with E-state index >= 15 is 0 Å². The first-order chi connectivity index (χ1) is 9.60. The normalized spacial score (nSPS) is 10.2. The number of alkyl halides is 1. The molecule has 2 amide bonds. The highest BCUT2D eigenvalue weighted by atomic mass is 35.5. The summed E-state index contributed by atoms with van der Waals surface area (Å²) in [5.74, 6) is -0.735. The van der Waals surface area contributed by atoms with E-state index in [9.17, 15) is 9.59 Å². The lowest BCUT2D eigenvalue weighted by Crippen LogP contribution is -2.39. The zero-order valence-electron chi connectivity index (χ0n) is 12.1. The van der Waals surface area contributed by atoms with Gasteiger partial charge in [-0.2, -0.15) is 0 Å². The van der Waals surface area contributed by atoms with Gasteiger partial charge in [0.25, 0.3) is 5.91 Å². The number of carbonyl (C=O) groups is 2. The molecule has 1 aromatic carbocycles. The Balaban J connectivity index is 3.39. The molecule has 0 radical (unpaired) electrons. The first-order valence-corrected chi connectivity index (χ1v) is 7.30. The van der Waals surface area contributed by atoms with E-state index in [1.165, 1.54) is 0 Å². The van der Waals surface area contributed by atoms with E-state index in [0.717, 1.165) is 16.0 Å². The smallest absolute Gasteiger partial charge is 0.421 e. The second-order valence-electron chi connectivity index (χ2n) is 4.19. The van der Waals surface area contributed by atoms with Crippen molar-refractivity contribution in [1.82, 2.24) is 0 Å². The minimum absolute atomic E-state index is 0.209. The summed E-state index contributed by atoms with van der Waals surface area (Å²) in [6.45, 7) is 5.87. The summed E-state index contributed by atoms with van der Waals surface area (Å²) >= 11 is 5.63. The van der Waals surface area contributed by atoms with Crippen LogP contribution in [0.2, 0.25) is 0 Å². The quantitative estimate of drug-likeness (QED) is 0.781. The fourth-order valence-corrected chi connectivity index (χ4v) is 2.19. The van der Waals surface area contributed by atoms with Crippen molar-refractivity contribution in [2.45, 2.75) is 33.6 Å². The largest absolute Gasteiger partial charge is 0.449 e. The molecule has 0 unspecified atom stereocenters. The molecule has 0 aliphatic rings. The number of rotatable bonds is 5. The maximum Gasteiger partial charge on any atom is 0.421 e. The number of nitrogens with zero attached hydrogens (tertiary/aromatic N) is 1. The Morgan fingerprint density at radius 1 is 1.15 bits per heavy atom. The molecule has 0 bridgehead atoms.